The molecule has 2 N–H and O–H groups in total. The number of benzene rings is 3. The number of carboxylic acid groups (broad SMARTS) is 1. The first-order chi connectivity index (χ1) is 16.3. The number of anilines is 1. The molecule has 1 aliphatic rings. The summed E-state index contributed by atoms with van der Waals surface area (Å²) in [5, 5.41) is 19.3. The maximum atomic E-state index is 13.4. The lowest BCUT2D eigenvalue weighted by Gasteiger charge is -2.48. The van der Waals surface area contributed by atoms with Gasteiger partial charge in [0.25, 0.3) is 0 Å². The van der Waals surface area contributed by atoms with Crippen LogP contribution in [0.2, 0.25) is 0 Å². The van der Waals surface area contributed by atoms with Crippen LogP contribution in [0.1, 0.15) is 36.1 Å². The van der Waals surface area contributed by atoms with Gasteiger partial charge < -0.3 is 19.8 Å². The van der Waals surface area contributed by atoms with Gasteiger partial charge in [-0.15, -0.1) is 0 Å². The average Bonchev–Trinajstić information content (AvgIpc) is 2.83. The van der Waals surface area contributed by atoms with Crippen molar-refractivity contribution in [3.05, 3.63) is 95.6 Å². The van der Waals surface area contributed by atoms with E-state index in [4.69, 9.17) is 9.84 Å². The number of amides is 1. The molecule has 3 aromatic carbocycles. The molecule has 6 nitrogen and oxygen atoms in total. The monoisotopic (exact) mass is 467 g/mol. The molecule has 0 aromatic heterocycles. The van der Waals surface area contributed by atoms with Crippen molar-refractivity contribution in [2.75, 3.05) is 11.5 Å². The second kappa shape index (κ2) is 10.0. The lowest BCUT2D eigenvalue weighted by molar-refractivity contribution is -0.139. The van der Waals surface area contributed by atoms with Gasteiger partial charge in [0.05, 0.1) is 18.1 Å². The number of aliphatic hydroxyl groups excluding tert-OH is 1. The van der Waals surface area contributed by atoms with Crippen molar-refractivity contribution < 1.29 is 33.3 Å². The van der Waals surface area contributed by atoms with Crippen molar-refractivity contribution in [2.45, 2.75) is 25.0 Å². The van der Waals surface area contributed by atoms with Crippen LogP contribution in [0.5, 0.6) is 5.75 Å². The zero-order chi connectivity index (χ0) is 24.2. The fourth-order valence-corrected chi connectivity index (χ4v) is 4.20. The van der Waals surface area contributed by atoms with Crippen LogP contribution in [0.4, 0.5) is 14.5 Å². The number of aliphatic carboxylic acids is 1. The van der Waals surface area contributed by atoms with Gasteiger partial charge in [-0.2, -0.15) is 0 Å². The lowest BCUT2D eigenvalue weighted by Crippen LogP contribution is -2.55. The molecule has 0 saturated carbocycles. The number of hydrogen-bond donors (Lipinski definition) is 2. The molecule has 4 rings (SSSR count). The van der Waals surface area contributed by atoms with E-state index in [0.717, 1.165) is 5.56 Å². The first-order valence-electron chi connectivity index (χ1n) is 10.8. The molecule has 2 unspecified atom stereocenters. The number of hydrogen-bond acceptors (Lipinski definition) is 4. The number of carbonyl (C=O) groups excluding carboxylic acids is 1. The minimum Gasteiger partial charge on any atom is -0.482 e. The van der Waals surface area contributed by atoms with Crippen LogP contribution < -0.4 is 9.64 Å². The van der Waals surface area contributed by atoms with Crippen molar-refractivity contribution in [2.24, 2.45) is 5.92 Å². The molecule has 3 atom stereocenters. The third kappa shape index (κ3) is 5.07. The van der Waals surface area contributed by atoms with Gasteiger partial charge in [0, 0.05) is 5.69 Å². The smallest absolute Gasteiger partial charge is 0.341 e. The van der Waals surface area contributed by atoms with Gasteiger partial charge in [-0.1, -0.05) is 24.3 Å². The maximum absolute atomic E-state index is 13.4. The van der Waals surface area contributed by atoms with Gasteiger partial charge in [0.2, 0.25) is 5.91 Å². The van der Waals surface area contributed by atoms with Crippen LogP contribution in [0.3, 0.4) is 0 Å². The van der Waals surface area contributed by atoms with Gasteiger partial charge in [0.1, 0.15) is 17.4 Å². The molecule has 0 aliphatic carbocycles. The van der Waals surface area contributed by atoms with E-state index in [1.807, 2.05) is 0 Å². The van der Waals surface area contributed by atoms with Crippen molar-refractivity contribution in [3.8, 4) is 5.75 Å². The van der Waals surface area contributed by atoms with Gasteiger partial charge >= 0.3 is 5.97 Å². The highest BCUT2D eigenvalue weighted by Crippen LogP contribution is 2.46. The highest BCUT2D eigenvalue weighted by atomic mass is 19.1. The Morgan fingerprint density at radius 3 is 2.12 bits per heavy atom. The highest BCUT2D eigenvalue weighted by molar-refractivity contribution is 6.03. The van der Waals surface area contributed by atoms with Gasteiger partial charge in [-0.05, 0) is 72.5 Å². The molecule has 1 aliphatic heterocycles. The van der Waals surface area contributed by atoms with Gasteiger partial charge in [-0.3, -0.25) is 4.79 Å². The SMILES string of the molecule is O=C(O)COc1ccc(C2C(CC[C@H](O)c3ccc(F)cc3)C(=O)N2c2ccc(F)cc2)cc1. The fourth-order valence-electron chi connectivity index (χ4n) is 4.20. The summed E-state index contributed by atoms with van der Waals surface area (Å²) in [6.45, 7) is -0.465. The molecule has 0 spiro atoms. The molecule has 0 radical (unpaired) electrons. The number of carbonyl (C=O) groups is 2. The molecule has 8 heteroatoms. The second-order valence-corrected chi connectivity index (χ2v) is 8.13. The Labute approximate surface area is 195 Å². The van der Waals surface area contributed by atoms with E-state index >= 15 is 0 Å². The van der Waals surface area contributed by atoms with Crippen LogP contribution in [0, 0.1) is 17.6 Å². The number of ether oxygens (including phenoxy) is 1. The fraction of sp³-hybridized carbons (Fsp3) is 0.231. The molecule has 1 fully saturated rings. The number of aliphatic hydroxyl groups is 1. The van der Waals surface area contributed by atoms with E-state index in [-0.39, 0.29) is 11.9 Å². The Bertz CT molecular complexity index is 1150. The first-order valence-corrected chi connectivity index (χ1v) is 10.8. The normalized spacial score (nSPS) is 18.3. The second-order valence-electron chi connectivity index (χ2n) is 8.13. The van der Waals surface area contributed by atoms with Crippen LogP contribution in [0.25, 0.3) is 0 Å². The molecule has 34 heavy (non-hydrogen) atoms. The van der Waals surface area contributed by atoms with Crippen LogP contribution in [-0.2, 0) is 9.59 Å². The lowest BCUT2D eigenvalue weighted by atomic mass is 9.78. The third-order valence-electron chi connectivity index (χ3n) is 5.91. The standard InChI is InChI=1S/C26H23F2NO5/c27-18-5-1-16(2-6-18)23(30)14-13-22-25(17-3-11-21(12-4-17)34-15-24(31)32)29(26(22)33)20-9-7-19(28)8-10-20/h1-12,22-23,25,30H,13-15H2,(H,31,32)/t22?,23-,25?/m0/s1. The molecule has 1 heterocycles. The summed E-state index contributed by atoms with van der Waals surface area (Å²) in [5.41, 5.74) is 1.92. The summed E-state index contributed by atoms with van der Waals surface area (Å²) >= 11 is 0. The highest BCUT2D eigenvalue weighted by Gasteiger charge is 2.48. The van der Waals surface area contributed by atoms with Crippen molar-refractivity contribution in [1.82, 2.24) is 0 Å². The Morgan fingerprint density at radius 1 is 0.941 bits per heavy atom. The molecular formula is C26H23F2NO5. The van der Waals surface area contributed by atoms with E-state index in [1.54, 1.807) is 29.2 Å². The molecule has 0 bridgehead atoms. The minimum atomic E-state index is -1.09. The summed E-state index contributed by atoms with van der Waals surface area (Å²) in [7, 11) is 0. The van der Waals surface area contributed by atoms with Crippen LogP contribution >= 0.6 is 0 Å². The number of carboxylic acids is 1. The number of β-lactam (4-membered cyclic amide) rings is 1. The topological polar surface area (TPSA) is 87.1 Å². The molecule has 1 saturated heterocycles. The summed E-state index contributed by atoms with van der Waals surface area (Å²) in [5.74, 6) is -2.08. The van der Waals surface area contributed by atoms with Gasteiger partial charge in [-0.25, -0.2) is 13.6 Å². The van der Waals surface area contributed by atoms with Crippen LogP contribution in [0.15, 0.2) is 72.8 Å². The minimum absolute atomic E-state index is 0.144. The van der Waals surface area contributed by atoms with Gasteiger partial charge in [0.15, 0.2) is 6.61 Å². The molecule has 1 amide bonds. The van der Waals surface area contributed by atoms with E-state index in [2.05, 4.69) is 0 Å². The van der Waals surface area contributed by atoms with E-state index < -0.39 is 36.2 Å². The molecule has 3 aromatic rings. The van der Waals surface area contributed by atoms with Crippen molar-refractivity contribution in [3.63, 3.8) is 0 Å². The Morgan fingerprint density at radius 2 is 1.53 bits per heavy atom. The number of halogens is 2. The molecule has 176 valence electrons. The summed E-state index contributed by atoms with van der Waals surface area (Å²) in [6.07, 6.45) is -0.159. The zero-order valence-electron chi connectivity index (χ0n) is 18.1. The quantitative estimate of drug-likeness (QED) is 0.448. The third-order valence-corrected chi connectivity index (χ3v) is 5.91. The maximum Gasteiger partial charge on any atom is 0.341 e. The van der Waals surface area contributed by atoms with Crippen molar-refractivity contribution >= 4 is 17.6 Å². The zero-order valence-corrected chi connectivity index (χ0v) is 18.1. The van der Waals surface area contributed by atoms with E-state index in [0.29, 0.717) is 29.8 Å². The summed E-state index contributed by atoms with van der Waals surface area (Å²) < 4.78 is 31.8. The Kier molecular flexibility index (Phi) is 6.88. The number of nitrogens with zero attached hydrogens (tertiary/aromatic N) is 1. The Balaban J connectivity index is 1.53. The van der Waals surface area contributed by atoms with Crippen LogP contribution in [-0.4, -0.2) is 28.7 Å². The predicted molar refractivity (Wildman–Crippen MR) is 120 cm³/mol. The molecular weight excluding hydrogens is 444 g/mol. The van der Waals surface area contributed by atoms with Crippen molar-refractivity contribution in [1.29, 1.82) is 0 Å². The summed E-state index contributed by atoms with van der Waals surface area (Å²) in [4.78, 5) is 25.4. The van der Waals surface area contributed by atoms with E-state index in [9.17, 15) is 23.5 Å². The number of rotatable bonds is 9. The predicted octanol–water partition coefficient (Wildman–Crippen LogP) is 4.65. The summed E-state index contributed by atoms with van der Waals surface area (Å²) in [6, 6.07) is 17.7. The first kappa shape index (κ1) is 23.4. The largest absolute Gasteiger partial charge is 0.482 e. The average molecular weight is 467 g/mol. The Hall–Kier alpha value is -3.78. The van der Waals surface area contributed by atoms with E-state index in [1.165, 1.54) is 48.5 Å².